The Balaban J connectivity index is 2.68. The summed E-state index contributed by atoms with van der Waals surface area (Å²) in [4.78, 5) is 3.94. The fourth-order valence-corrected chi connectivity index (χ4v) is 3.23. The Kier molecular flexibility index (Phi) is 6.51. The van der Waals surface area contributed by atoms with Crippen LogP contribution in [0.2, 0.25) is 0 Å². The third-order valence-corrected chi connectivity index (χ3v) is 4.48. The molecule has 0 saturated heterocycles. The number of pyridine rings is 1. The smallest absolute Gasteiger partial charge is 0.242 e. The van der Waals surface area contributed by atoms with E-state index in [2.05, 4.69) is 23.6 Å². The van der Waals surface area contributed by atoms with E-state index >= 15 is 0 Å². The highest BCUT2D eigenvalue weighted by molar-refractivity contribution is 7.89. The second kappa shape index (κ2) is 7.66. The first-order valence-electron chi connectivity index (χ1n) is 6.59. The number of aromatic nitrogens is 1. The predicted molar refractivity (Wildman–Crippen MR) is 84.0 cm³/mol. The van der Waals surface area contributed by atoms with Crippen molar-refractivity contribution in [2.24, 2.45) is 11.7 Å². The largest absolute Gasteiger partial charge is 0.388 e. The van der Waals surface area contributed by atoms with Crippen molar-refractivity contribution in [2.45, 2.75) is 38.0 Å². The summed E-state index contributed by atoms with van der Waals surface area (Å²) in [6.45, 7) is 4.70. The maximum Gasteiger partial charge on any atom is 0.242 e. The van der Waals surface area contributed by atoms with Gasteiger partial charge in [0.2, 0.25) is 10.0 Å². The Morgan fingerprint density at radius 2 is 2.15 bits per heavy atom. The van der Waals surface area contributed by atoms with Crippen molar-refractivity contribution in [1.82, 2.24) is 9.71 Å². The number of nitrogens with two attached hydrogens (primary N) is 1. The van der Waals surface area contributed by atoms with E-state index in [0.717, 1.165) is 19.3 Å². The molecule has 0 radical (unpaired) electrons. The van der Waals surface area contributed by atoms with Gasteiger partial charge < -0.3 is 5.73 Å². The molecule has 20 heavy (non-hydrogen) atoms. The molecule has 0 aromatic carbocycles. The van der Waals surface area contributed by atoms with Crippen LogP contribution in [0.3, 0.4) is 0 Å². The van der Waals surface area contributed by atoms with E-state index < -0.39 is 10.0 Å². The molecular formula is C13H21N3O2S2. The summed E-state index contributed by atoms with van der Waals surface area (Å²) in [7, 11) is -3.62. The Labute approximate surface area is 126 Å². The molecule has 0 aliphatic rings. The van der Waals surface area contributed by atoms with Gasteiger partial charge in [0.05, 0.1) is 0 Å². The lowest BCUT2D eigenvalue weighted by atomic mass is 10.1. The second-order valence-corrected chi connectivity index (χ2v) is 7.18. The average Bonchev–Trinajstić information content (AvgIpc) is 2.37. The number of unbranched alkanes of at least 4 members (excludes halogenated alkanes) is 1. The van der Waals surface area contributed by atoms with Crippen molar-refractivity contribution >= 4 is 27.2 Å². The van der Waals surface area contributed by atoms with Crippen molar-refractivity contribution in [1.29, 1.82) is 0 Å². The normalized spacial score (nSPS) is 11.8. The minimum absolute atomic E-state index is 0.0224. The molecule has 0 amide bonds. The molecule has 1 aromatic heterocycles. The van der Waals surface area contributed by atoms with Crippen molar-refractivity contribution < 1.29 is 8.42 Å². The summed E-state index contributed by atoms with van der Waals surface area (Å²) >= 11 is 4.82. The Hall–Kier alpha value is -1.05. The van der Waals surface area contributed by atoms with Gasteiger partial charge in [0, 0.05) is 12.7 Å². The zero-order chi connectivity index (χ0) is 15.2. The van der Waals surface area contributed by atoms with Gasteiger partial charge >= 0.3 is 0 Å². The van der Waals surface area contributed by atoms with Gasteiger partial charge in [-0.1, -0.05) is 38.9 Å². The summed E-state index contributed by atoms with van der Waals surface area (Å²) in [5, 5.41) is 0. The maximum absolute atomic E-state index is 12.2. The number of nitrogens with one attached hydrogen (secondary N) is 1. The molecule has 0 saturated carbocycles. The van der Waals surface area contributed by atoms with Gasteiger partial charge in [0.25, 0.3) is 0 Å². The lowest BCUT2D eigenvalue weighted by Crippen LogP contribution is -2.28. The first-order valence-corrected chi connectivity index (χ1v) is 8.48. The summed E-state index contributed by atoms with van der Waals surface area (Å²) in [5.41, 5.74) is 5.63. The van der Waals surface area contributed by atoms with Crippen LogP contribution in [-0.2, 0) is 10.0 Å². The van der Waals surface area contributed by atoms with Crippen LogP contribution in [0.25, 0.3) is 0 Å². The number of hydrogen-bond donors (Lipinski definition) is 2. The Morgan fingerprint density at radius 1 is 1.45 bits per heavy atom. The van der Waals surface area contributed by atoms with Gasteiger partial charge in [0.1, 0.15) is 15.6 Å². The molecule has 5 nitrogen and oxygen atoms in total. The fraction of sp³-hybridized carbons (Fsp3) is 0.538. The number of hydrogen-bond acceptors (Lipinski definition) is 4. The summed E-state index contributed by atoms with van der Waals surface area (Å²) in [6, 6.07) is 3.01. The highest BCUT2D eigenvalue weighted by atomic mass is 32.2. The quantitative estimate of drug-likeness (QED) is 0.564. The van der Waals surface area contributed by atoms with Crippen LogP contribution in [0.15, 0.2) is 23.2 Å². The average molecular weight is 315 g/mol. The number of thiocarbonyl (C=S) groups is 1. The van der Waals surface area contributed by atoms with Crippen molar-refractivity contribution in [3.63, 3.8) is 0 Å². The summed E-state index contributed by atoms with van der Waals surface area (Å²) < 4.78 is 26.9. The van der Waals surface area contributed by atoms with Gasteiger partial charge in [-0.05, 0) is 24.5 Å². The second-order valence-electron chi connectivity index (χ2n) is 5.00. The highest BCUT2D eigenvalue weighted by Gasteiger charge is 2.19. The van der Waals surface area contributed by atoms with E-state index in [1.54, 1.807) is 6.07 Å². The molecule has 0 aliphatic carbocycles. The van der Waals surface area contributed by atoms with Gasteiger partial charge in [-0.25, -0.2) is 13.1 Å². The van der Waals surface area contributed by atoms with E-state index in [9.17, 15) is 8.42 Å². The monoisotopic (exact) mass is 315 g/mol. The number of rotatable bonds is 8. The van der Waals surface area contributed by atoms with Crippen LogP contribution in [0.4, 0.5) is 0 Å². The summed E-state index contributed by atoms with van der Waals surface area (Å²) in [5.74, 6) is 0.631. The zero-order valence-corrected chi connectivity index (χ0v) is 13.4. The van der Waals surface area contributed by atoms with Crippen LogP contribution in [0.1, 0.15) is 38.8 Å². The van der Waals surface area contributed by atoms with E-state index in [4.69, 9.17) is 18.0 Å². The lowest BCUT2D eigenvalue weighted by molar-refractivity contribution is 0.530. The molecular weight excluding hydrogens is 294 g/mol. The van der Waals surface area contributed by atoms with Crippen LogP contribution < -0.4 is 10.5 Å². The number of sulfonamides is 1. The third kappa shape index (κ3) is 5.15. The Morgan fingerprint density at radius 3 is 2.75 bits per heavy atom. The van der Waals surface area contributed by atoms with Gasteiger partial charge in [-0.3, -0.25) is 4.98 Å². The Bertz CT molecular complexity index is 556. The molecule has 3 N–H and O–H groups in total. The fourth-order valence-electron chi connectivity index (χ4n) is 1.75. The SMILES string of the molecule is CC(C)CCCCNS(=O)(=O)c1cccnc1C(N)=S. The molecule has 0 aliphatic heterocycles. The van der Waals surface area contributed by atoms with E-state index in [1.807, 2.05) is 0 Å². The van der Waals surface area contributed by atoms with E-state index in [0.29, 0.717) is 12.5 Å². The minimum atomic E-state index is -3.62. The van der Waals surface area contributed by atoms with Crippen LogP contribution >= 0.6 is 12.2 Å². The van der Waals surface area contributed by atoms with Crippen LogP contribution in [-0.4, -0.2) is 24.9 Å². The topological polar surface area (TPSA) is 85.1 Å². The standard InChI is InChI=1S/C13H21N3O2S2/c1-10(2)6-3-4-9-16-20(17,18)11-7-5-8-15-12(11)13(14)19/h5,7-8,10,16H,3-4,6,9H2,1-2H3,(H2,14,19). The number of nitrogens with zero attached hydrogens (tertiary/aromatic N) is 1. The maximum atomic E-state index is 12.2. The van der Waals surface area contributed by atoms with Crippen molar-refractivity contribution in [2.75, 3.05) is 6.54 Å². The van der Waals surface area contributed by atoms with E-state index in [1.165, 1.54) is 12.3 Å². The van der Waals surface area contributed by atoms with Crippen LogP contribution in [0, 0.1) is 5.92 Å². The minimum Gasteiger partial charge on any atom is -0.388 e. The van der Waals surface area contributed by atoms with Gasteiger partial charge in [-0.15, -0.1) is 0 Å². The first-order chi connectivity index (χ1) is 9.34. The van der Waals surface area contributed by atoms with Crippen molar-refractivity contribution in [3.05, 3.63) is 24.0 Å². The summed E-state index contributed by atoms with van der Waals surface area (Å²) in [6.07, 6.45) is 4.36. The van der Waals surface area contributed by atoms with E-state index in [-0.39, 0.29) is 15.6 Å². The first kappa shape index (κ1) is 17.0. The highest BCUT2D eigenvalue weighted by Crippen LogP contribution is 2.13. The third-order valence-electron chi connectivity index (χ3n) is 2.79. The molecule has 0 fully saturated rings. The van der Waals surface area contributed by atoms with Crippen LogP contribution in [0.5, 0.6) is 0 Å². The molecule has 0 spiro atoms. The molecule has 1 rings (SSSR count). The molecule has 0 bridgehead atoms. The van der Waals surface area contributed by atoms with Gasteiger partial charge in [0.15, 0.2) is 0 Å². The molecule has 112 valence electrons. The molecule has 0 atom stereocenters. The zero-order valence-electron chi connectivity index (χ0n) is 11.8. The molecule has 1 heterocycles. The molecule has 1 aromatic rings. The molecule has 7 heteroatoms. The predicted octanol–water partition coefficient (Wildman–Crippen LogP) is 1.82. The van der Waals surface area contributed by atoms with Crippen molar-refractivity contribution in [3.8, 4) is 0 Å². The van der Waals surface area contributed by atoms with Gasteiger partial charge in [-0.2, -0.15) is 0 Å². The lowest BCUT2D eigenvalue weighted by Gasteiger charge is -2.10. The molecule has 0 unspecified atom stereocenters.